The smallest absolute Gasteiger partial charge is 0.242 e. The Balaban J connectivity index is 0.000000153. The third-order valence-corrected chi connectivity index (χ3v) is 10.5. The van der Waals surface area contributed by atoms with Crippen molar-refractivity contribution in [2.24, 2.45) is 14.1 Å². The molecule has 64 heavy (non-hydrogen) atoms. The van der Waals surface area contributed by atoms with E-state index in [2.05, 4.69) is 214 Å². The molecule has 0 fully saturated rings. The molecule has 10 aromatic rings. The number of pyridine rings is 1. The number of benzene rings is 6. The minimum absolute atomic E-state index is 0. The van der Waals surface area contributed by atoms with E-state index in [0.29, 0.717) is 5.69 Å². The van der Waals surface area contributed by atoms with Gasteiger partial charge in [-0.15, -0.1) is 0 Å². The number of imidazole rings is 2. The van der Waals surface area contributed by atoms with Crippen molar-refractivity contribution in [3.63, 3.8) is 0 Å². The molecular weight excluding hydrogens is 965 g/mol. The molecule has 0 N–H and O–H groups in total. The molecule has 4 aromatic heterocycles. The summed E-state index contributed by atoms with van der Waals surface area (Å²) in [5.74, 6) is 0. The maximum absolute atomic E-state index is 4.08. The van der Waals surface area contributed by atoms with Crippen LogP contribution < -0.4 is 14.2 Å². The first-order valence-electron chi connectivity index (χ1n) is 20.8. The summed E-state index contributed by atoms with van der Waals surface area (Å²) in [6.45, 7) is 8.45. The van der Waals surface area contributed by atoms with Crippen LogP contribution in [0.4, 0.5) is 0 Å². The molecule has 9 heteroatoms. The molecule has 0 bridgehead atoms. The zero-order valence-electron chi connectivity index (χ0n) is 36.7. The van der Waals surface area contributed by atoms with Crippen LogP contribution in [0.15, 0.2) is 176 Å². The van der Waals surface area contributed by atoms with Gasteiger partial charge in [0.05, 0.1) is 42.6 Å². The Bertz CT molecular complexity index is 2860. The summed E-state index contributed by atoms with van der Waals surface area (Å²) in [6.07, 6.45) is 10.3. The Kier molecular flexibility index (Phi) is 14.5. The summed E-state index contributed by atoms with van der Waals surface area (Å²) in [5, 5.41) is 10.8. The van der Waals surface area contributed by atoms with E-state index in [0.717, 1.165) is 51.0 Å². The Morgan fingerprint density at radius 3 is 1.28 bits per heavy atom. The molecule has 0 aliphatic carbocycles. The number of aryl methyl sites for hydroxylation is 6. The molecular formula is C55H47IrN8-3. The van der Waals surface area contributed by atoms with Crippen LogP contribution in [0.2, 0.25) is 0 Å². The van der Waals surface area contributed by atoms with Gasteiger partial charge in [-0.3, -0.25) is 10.2 Å². The Morgan fingerprint density at radius 2 is 0.922 bits per heavy atom. The first-order chi connectivity index (χ1) is 30.8. The Hall–Kier alpha value is -7.32. The topological polar surface area (TPSA) is 70.4 Å². The molecule has 0 saturated heterocycles. The molecule has 0 unspecified atom stereocenters. The quantitative estimate of drug-likeness (QED) is 0.118. The molecule has 319 valence electrons. The van der Waals surface area contributed by atoms with Gasteiger partial charge in [0, 0.05) is 26.3 Å². The first-order valence-corrected chi connectivity index (χ1v) is 20.8. The van der Waals surface area contributed by atoms with E-state index in [1.54, 1.807) is 12.4 Å². The van der Waals surface area contributed by atoms with Crippen LogP contribution in [0, 0.1) is 52.5 Å². The van der Waals surface area contributed by atoms with Gasteiger partial charge in [-0.2, -0.15) is 58.7 Å². The largest absolute Gasteiger partial charge is 0.358 e. The molecule has 0 aliphatic rings. The molecule has 0 saturated carbocycles. The summed E-state index contributed by atoms with van der Waals surface area (Å²) in [7, 11) is 4.10. The van der Waals surface area contributed by atoms with Gasteiger partial charge in [-0.1, -0.05) is 173 Å². The number of hydrogen-bond donors (Lipinski definition) is 0. The summed E-state index contributed by atoms with van der Waals surface area (Å²) in [4.78, 5) is 4.08. The van der Waals surface area contributed by atoms with Crippen LogP contribution in [0.3, 0.4) is 0 Å². The molecule has 0 spiro atoms. The van der Waals surface area contributed by atoms with Gasteiger partial charge in [0.1, 0.15) is 0 Å². The zero-order valence-corrected chi connectivity index (χ0v) is 39.0. The van der Waals surface area contributed by atoms with Gasteiger partial charge < -0.3 is 28.5 Å². The minimum Gasteiger partial charge on any atom is -0.358 e. The average Bonchev–Trinajstić information content (AvgIpc) is 4.06. The van der Waals surface area contributed by atoms with Crippen molar-refractivity contribution >= 4 is 0 Å². The van der Waals surface area contributed by atoms with Gasteiger partial charge in [-0.25, -0.2) is 0 Å². The van der Waals surface area contributed by atoms with Gasteiger partial charge in [0.2, 0.25) is 12.7 Å². The molecule has 0 atom stereocenters. The van der Waals surface area contributed by atoms with Crippen molar-refractivity contribution in [1.29, 1.82) is 0 Å². The predicted octanol–water partition coefficient (Wildman–Crippen LogP) is 10.2. The Labute approximate surface area is 389 Å². The van der Waals surface area contributed by atoms with Gasteiger partial charge in [0.15, 0.2) is 0 Å². The number of nitrogens with zero attached hydrogens (tertiary/aromatic N) is 8. The number of aromatic nitrogens is 8. The third kappa shape index (κ3) is 9.97. The van der Waals surface area contributed by atoms with Crippen molar-refractivity contribution in [2.75, 3.05) is 0 Å². The molecule has 1 radical (unpaired) electrons. The van der Waals surface area contributed by atoms with Crippen LogP contribution in [0.1, 0.15) is 22.3 Å². The molecule has 0 amide bonds. The van der Waals surface area contributed by atoms with Crippen molar-refractivity contribution in [3.8, 4) is 67.8 Å². The molecule has 8 nitrogen and oxygen atoms in total. The second-order valence-electron chi connectivity index (χ2n) is 15.3. The van der Waals surface area contributed by atoms with Gasteiger partial charge in [-0.05, 0) is 40.1 Å². The summed E-state index contributed by atoms with van der Waals surface area (Å²) < 4.78 is 8.41. The second kappa shape index (κ2) is 20.7. The van der Waals surface area contributed by atoms with E-state index >= 15 is 0 Å². The molecule has 4 heterocycles. The fraction of sp³-hybridized carbons (Fsp3) is 0.109. The molecule has 6 aromatic carbocycles. The Morgan fingerprint density at radius 1 is 0.516 bits per heavy atom. The van der Waals surface area contributed by atoms with Crippen LogP contribution in [0.25, 0.3) is 67.8 Å². The van der Waals surface area contributed by atoms with E-state index in [9.17, 15) is 0 Å². The van der Waals surface area contributed by atoms with E-state index in [-0.39, 0.29) is 20.1 Å². The maximum atomic E-state index is 4.08. The maximum Gasteiger partial charge on any atom is 0.242 e. The normalized spacial score (nSPS) is 10.5. The van der Waals surface area contributed by atoms with Crippen LogP contribution in [-0.4, -0.2) is 24.4 Å². The predicted molar refractivity (Wildman–Crippen MR) is 249 cm³/mol. The van der Waals surface area contributed by atoms with Crippen molar-refractivity contribution in [3.05, 3.63) is 223 Å². The molecule has 10 rings (SSSR count). The minimum atomic E-state index is 0. The zero-order chi connectivity index (χ0) is 43.7. The second-order valence-corrected chi connectivity index (χ2v) is 15.3. The summed E-state index contributed by atoms with van der Waals surface area (Å²) >= 11 is 0. The van der Waals surface area contributed by atoms with Crippen LogP contribution in [-0.2, 0) is 34.2 Å². The van der Waals surface area contributed by atoms with E-state index < -0.39 is 0 Å². The summed E-state index contributed by atoms with van der Waals surface area (Å²) in [5.41, 5.74) is 17.6. The van der Waals surface area contributed by atoms with E-state index in [1.165, 1.54) is 33.4 Å². The van der Waals surface area contributed by atoms with E-state index in [1.807, 2.05) is 54.6 Å². The van der Waals surface area contributed by atoms with Crippen molar-refractivity contribution < 1.29 is 29.2 Å². The number of rotatable bonds is 7. The summed E-state index contributed by atoms with van der Waals surface area (Å²) in [6, 6.07) is 62.9. The van der Waals surface area contributed by atoms with Crippen LogP contribution in [0.5, 0.6) is 0 Å². The average molecular weight is 1010 g/mol. The number of hydrogen-bond acceptors (Lipinski definition) is 3. The van der Waals surface area contributed by atoms with Crippen molar-refractivity contribution in [2.45, 2.75) is 27.7 Å². The van der Waals surface area contributed by atoms with E-state index in [4.69, 9.17) is 0 Å². The fourth-order valence-corrected chi connectivity index (χ4v) is 7.72. The fourth-order valence-electron chi connectivity index (χ4n) is 7.72. The molecule has 0 aliphatic heterocycles. The first kappa shape index (κ1) is 44.7. The van der Waals surface area contributed by atoms with Crippen molar-refractivity contribution in [1.82, 2.24) is 29.5 Å². The SMILES string of the molecule is Cc1c[c-]c(-n2[c-][n+](C)c(-c3ccccc3)c2-c2ccccc2)c(C)c1.Cc1c[c-]c(-n2[c-][n+](C)c(-c3ccccc3)c2-c2ccccc2)c(C)c1.[Ir].c1ccc(-c2cnn[n-]2)nc1. The third-order valence-electron chi connectivity index (χ3n) is 10.5. The van der Waals surface area contributed by atoms with Gasteiger partial charge in [0.25, 0.3) is 0 Å². The van der Waals surface area contributed by atoms with Crippen LogP contribution >= 0.6 is 0 Å². The van der Waals surface area contributed by atoms with Gasteiger partial charge >= 0.3 is 0 Å². The monoisotopic (exact) mass is 1010 g/mol. The standard InChI is InChI=1S/2C24H21N2.C7H5N4.Ir/c2*1-18-14-15-22(19(2)16-18)26-17-25(3)23(20-10-6-4-7-11-20)24(26)21-12-8-5-9-13-21;1-2-4-8-6(3-1)7-5-9-11-10-7;/h2*4-14,16H,1-3H3;1-5H;/q3*-1;.